The van der Waals surface area contributed by atoms with E-state index in [0.717, 1.165) is 51.7 Å². The summed E-state index contributed by atoms with van der Waals surface area (Å²) in [6, 6.07) is 9.36. The molecule has 23 heavy (non-hydrogen) atoms. The fourth-order valence-electron chi connectivity index (χ4n) is 3.37. The van der Waals surface area contributed by atoms with Crippen molar-refractivity contribution in [2.24, 2.45) is 0 Å². The van der Waals surface area contributed by atoms with Crippen LogP contribution in [0.5, 0.6) is 0 Å². The van der Waals surface area contributed by atoms with Crippen LogP contribution < -0.4 is 0 Å². The maximum Gasteiger partial charge on any atom is 0.317 e. The third-order valence-electron chi connectivity index (χ3n) is 4.95. The molecule has 4 heteroatoms. The minimum Gasteiger partial charge on any atom is -0.480 e. The lowest BCUT2D eigenvalue weighted by Gasteiger charge is -2.25. The van der Waals surface area contributed by atoms with Gasteiger partial charge in [0.15, 0.2) is 0 Å². The maximum atomic E-state index is 10.9. The molecule has 1 aliphatic rings. The van der Waals surface area contributed by atoms with Crippen molar-refractivity contribution in [2.75, 3.05) is 33.2 Å². The van der Waals surface area contributed by atoms with Gasteiger partial charge in [0.25, 0.3) is 0 Å². The first kappa shape index (κ1) is 18.0. The Morgan fingerprint density at radius 3 is 2.57 bits per heavy atom. The van der Waals surface area contributed by atoms with E-state index >= 15 is 0 Å². The quantitative estimate of drug-likeness (QED) is 0.839. The fraction of sp³-hybridized carbons (Fsp3) is 0.632. The van der Waals surface area contributed by atoms with E-state index in [-0.39, 0.29) is 6.54 Å². The molecule has 1 N–H and O–H groups in total. The van der Waals surface area contributed by atoms with Gasteiger partial charge >= 0.3 is 5.97 Å². The first-order valence-electron chi connectivity index (χ1n) is 8.80. The van der Waals surface area contributed by atoms with Crippen LogP contribution in [0.25, 0.3) is 0 Å². The number of carbonyl (C=O) groups is 1. The Labute approximate surface area is 140 Å². The third-order valence-corrected chi connectivity index (χ3v) is 4.95. The van der Waals surface area contributed by atoms with E-state index < -0.39 is 5.97 Å². The molecule has 128 valence electrons. The Bertz CT molecular complexity index is 487. The van der Waals surface area contributed by atoms with Crippen molar-refractivity contribution >= 4 is 5.97 Å². The normalized spacial score (nSPS) is 19.7. The number of likely N-dealkylation sites (tertiary alicyclic amines) is 1. The number of aliphatic carboxylic acids is 1. The van der Waals surface area contributed by atoms with Crippen molar-refractivity contribution in [2.45, 2.75) is 45.1 Å². The zero-order chi connectivity index (χ0) is 16.7. The molecule has 1 atom stereocenters. The summed E-state index contributed by atoms with van der Waals surface area (Å²) in [5, 5.41) is 8.93. The van der Waals surface area contributed by atoms with Gasteiger partial charge < -0.3 is 10.0 Å². The molecule has 4 nitrogen and oxygen atoms in total. The lowest BCUT2D eigenvalue weighted by molar-refractivity contribution is -0.138. The summed E-state index contributed by atoms with van der Waals surface area (Å²) < 4.78 is 0. The van der Waals surface area contributed by atoms with Gasteiger partial charge in [0.2, 0.25) is 0 Å². The van der Waals surface area contributed by atoms with Crippen LogP contribution in [0.3, 0.4) is 0 Å². The fourth-order valence-corrected chi connectivity index (χ4v) is 3.37. The van der Waals surface area contributed by atoms with Crippen molar-refractivity contribution in [1.29, 1.82) is 0 Å². The smallest absolute Gasteiger partial charge is 0.317 e. The molecule has 0 bridgehead atoms. The van der Waals surface area contributed by atoms with Gasteiger partial charge in [-0.1, -0.05) is 31.2 Å². The Hall–Kier alpha value is -1.39. The minimum atomic E-state index is -0.732. The van der Waals surface area contributed by atoms with E-state index in [0.29, 0.717) is 6.04 Å². The number of carboxylic acid groups (broad SMARTS) is 1. The van der Waals surface area contributed by atoms with Crippen molar-refractivity contribution in [3.63, 3.8) is 0 Å². The number of rotatable bonds is 7. The zero-order valence-electron chi connectivity index (χ0n) is 14.5. The largest absolute Gasteiger partial charge is 0.480 e. The van der Waals surface area contributed by atoms with Crippen LogP contribution in [0.2, 0.25) is 0 Å². The lowest BCUT2D eigenvalue weighted by Crippen LogP contribution is -2.36. The van der Waals surface area contributed by atoms with Crippen LogP contribution in [0.15, 0.2) is 24.3 Å². The van der Waals surface area contributed by atoms with Gasteiger partial charge in [-0.25, -0.2) is 0 Å². The second-order valence-corrected chi connectivity index (χ2v) is 6.66. The maximum absolute atomic E-state index is 10.9. The number of benzene rings is 1. The van der Waals surface area contributed by atoms with Crippen LogP contribution >= 0.6 is 0 Å². The number of likely N-dealkylation sites (N-methyl/N-ethyl adjacent to an activating group) is 1. The highest BCUT2D eigenvalue weighted by Crippen LogP contribution is 2.16. The molecular weight excluding hydrogens is 288 g/mol. The highest BCUT2D eigenvalue weighted by atomic mass is 16.4. The molecule has 1 aromatic carbocycles. The first-order valence-corrected chi connectivity index (χ1v) is 8.80. The van der Waals surface area contributed by atoms with Crippen LogP contribution in [0.1, 0.15) is 37.3 Å². The molecule has 1 aliphatic heterocycles. The molecule has 0 aromatic heterocycles. The van der Waals surface area contributed by atoms with Crippen LogP contribution in [-0.4, -0.2) is 60.1 Å². The summed E-state index contributed by atoms with van der Waals surface area (Å²) in [4.78, 5) is 15.4. The highest BCUT2D eigenvalue weighted by molar-refractivity contribution is 5.69. The van der Waals surface area contributed by atoms with Crippen molar-refractivity contribution < 1.29 is 9.90 Å². The first-order chi connectivity index (χ1) is 11.1. The standard InChI is InChI=1S/C19H30N2O2/c1-3-16-6-8-17(9-7-16)10-13-21-12-4-5-18(11-14-21)20(2)15-19(22)23/h6-9,18H,3-5,10-15H2,1-2H3,(H,22,23). The third kappa shape index (κ3) is 5.96. The highest BCUT2D eigenvalue weighted by Gasteiger charge is 2.21. The predicted molar refractivity (Wildman–Crippen MR) is 93.9 cm³/mol. The number of aryl methyl sites for hydroxylation is 1. The molecular formula is C19H30N2O2. The van der Waals surface area contributed by atoms with Gasteiger partial charge in [0.1, 0.15) is 0 Å². The topological polar surface area (TPSA) is 43.8 Å². The zero-order valence-corrected chi connectivity index (χ0v) is 14.5. The number of hydrogen-bond donors (Lipinski definition) is 1. The van der Waals surface area contributed by atoms with Gasteiger partial charge in [0, 0.05) is 12.6 Å². The molecule has 0 saturated carbocycles. The van der Waals surface area contributed by atoms with Crippen molar-refractivity contribution in [3.8, 4) is 0 Å². The van der Waals surface area contributed by atoms with Gasteiger partial charge in [-0.05, 0) is 63.4 Å². The SMILES string of the molecule is CCc1ccc(CCN2CCCC(N(C)CC(=O)O)CC2)cc1. The number of carboxylic acids is 1. The number of hydrogen-bond acceptors (Lipinski definition) is 3. The van der Waals surface area contributed by atoms with E-state index in [1.165, 1.54) is 11.1 Å². The molecule has 1 heterocycles. The van der Waals surface area contributed by atoms with E-state index in [1.807, 2.05) is 11.9 Å². The van der Waals surface area contributed by atoms with Crippen LogP contribution in [0, 0.1) is 0 Å². The Morgan fingerprint density at radius 2 is 1.91 bits per heavy atom. The van der Waals surface area contributed by atoms with Gasteiger partial charge in [-0.3, -0.25) is 9.69 Å². The monoisotopic (exact) mass is 318 g/mol. The molecule has 1 unspecified atom stereocenters. The van der Waals surface area contributed by atoms with Crippen LogP contribution in [-0.2, 0) is 17.6 Å². The molecule has 1 aromatic rings. The molecule has 0 amide bonds. The second kappa shape index (κ2) is 9.04. The predicted octanol–water partition coefficient (Wildman–Crippen LogP) is 2.66. The van der Waals surface area contributed by atoms with E-state index in [2.05, 4.69) is 36.1 Å². The summed E-state index contributed by atoms with van der Waals surface area (Å²) in [5.41, 5.74) is 2.80. The summed E-state index contributed by atoms with van der Waals surface area (Å²) in [6.07, 6.45) is 5.52. The summed E-state index contributed by atoms with van der Waals surface area (Å²) in [6.45, 7) is 5.63. The molecule has 0 aliphatic carbocycles. The minimum absolute atomic E-state index is 0.147. The van der Waals surface area contributed by atoms with Gasteiger partial charge in [-0.15, -0.1) is 0 Å². The van der Waals surface area contributed by atoms with Crippen molar-refractivity contribution in [3.05, 3.63) is 35.4 Å². The van der Waals surface area contributed by atoms with E-state index in [9.17, 15) is 4.79 Å². The van der Waals surface area contributed by atoms with Gasteiger partial charge in [0.05, 0.1) is 6.54 Å². The molecule has 1 fully saturated rings. The molecule has 2 rings (SSSR count). The Morgan fingerprint density at radius 1 is 1.22 bits per heavy atom. The molecule has 1 saturated heterocycles. The Balaban J connectivity index is 1.77. The average Bonchev–Trinajstić information content (AvgIpc) is 2.78. The lowest BCUT2D eigenvalue weighted by atomic mass is 10.1. The molecule has 0 spiro atoms. The van der Waals surface area contributed by atoms with Gasteiger partial charge in [-0.2, -0.15) is 0 Å². The van der Waals surface area contributed by atoms with Crippen LogP contribution in [0.4, 0.5) is 0 Å². The average molecular weight is 318 g/mol. The molecule has 0 radical (unpaired) electrons. The van der Waals surface area contributed by atoms with E-state index in [1.54, 1.807) is 0 Å². The van der Waals surface area contributed by atoms with Crippen molar-refractivity contribution in [1.82, 2.24) is 9.80 Å². The Kier molecular flexibility index (Phi) is 7.06. The van der Waals surface area contributed by atoms with E-state index in [4.69, 9.17) is 5.11 Å². The number of nitrogens with zero attached hydrogens (tertiary/aromatic N) is 2. The summed E-state index contributed by atoms with van der Waals surface area (Å²) in [5.74, 6) is -0.732. The summed E-state index contributed by atoms with van der Waals surface area (Å²) >= 11 is 0. The second-order valence-electron chi connectivity index (χ2n) is 6.66. The summed E-state index contributed by atoms with van der Waals surface area (Å²) in [7, 11) is 1.93.